The van der Waals surface area contributed by atoms with Crippen LogP contribution in [-0.4, -0.2) is 81.5 Å². The Morgan fingerprint density at radius 1 is 1.19 bits per heavy atom. The standard InChI is InChI=1S/C12H25N3O2.C6H4F2.C2H2/c1-16-10-12(15-3-2-11(13)8-15)9-14-4-6-17-7-5-14;7-5-3-1-2-4-6(5)8;1-2/h11-12H,2-10,13H2,1H3;1-4H;1-2H/t11-,12?;;/m0../s1. The number of likely N-dealkylation sites (tertiary alicyclic amines) is 1. The van der Waals surface area contributed by atoms with Crippen molar-refractivity contribution in [2.45, 2.75) is 18.5 Å². The van der Waals surface area contributed by atoms with Gasteiger partial charge in [0.15, 0.2) is 11.6 Å². The molecule has 2 aliphatic rings. The summed E-state index contributed by atoms with van der Waals surface area (Å²) in [6.07, 6.45) is 9.11. The monoisotopic (exact) mass is 383 g/mol. The molecule has 0 radical (unpaired) electrons. The van der Waals surface area contributed by atoms with Gasteiger partial charge in [-0.15, -0.1) is 12.8 Å². The van der Waals surface area contributed by atoms with Crippen molar-refractivity contribution >= 4 is 0 Å². The van der Waals surface area contributed by atoms with Crippen LogP contribution in [0.2, 0.25) is 0 Å². The predicted molar refractivity (Wildman–Crippen MR) is 103 cm³/mol. The summed E-state index contributed by atoms with van der Waals surface area (Å²) in [5.41, 5.74) is 5.98. The minimum absolute atomic E-state index is 0.346. The van der Waals surface area contributed by atoms with Gasteiger partial charge in [-0.05, 0) is 18.6 Å². The molecule has 2 saturated heterocycles. The average Bonchev–Trinajstić information content (AvgIpc) is 3.13. The molecular formula is C20H31F2N3O2. The van der Waals surface area contributed by atoms with Gasteiger partial charge in [0.25, 0.3) is 0 Å². The first-order chi connectivity index (χ1) is 13.1. The van der Waals surface area contributed by atoms with Crippen LogP contribution >= 0.6 is 0 Å². The molecule has 2 atom stereocenters. The molecule has 0 saturated carbocycles. The maximum absolute atomic E-state index is 11.9. The van der Waals surface area contributed by atoms with E-state index in [0.717, 1.165) is 71.1 Å². The van der Waals surface area contributed by atoms with E-state index in [9.17, 15) is 8.78 Å². The number of hydrogen-bond donors (Lipinski definition) is 1. The molecule has 5 nitrogen and oxygen atoms in total. The number of halogens is 2. The first-order valence-corrected chi connectivity index (χ1v) is 9.12. The van der Waals surface area contributed by atoms with E-state index in [1.165, 1.54) is 12.1 Å². The van der Waals surface area contributed by atoms with E-state index in [0.29, 0.717) is 12.1 Å². The molecule has 2 N–H and O–H groups in total. The number of terminal acetylenes is 1. The lowest BCUT2D eigenvalue weighted by molar-refractivity contribution is 0.0122. The minimum atomic E-state index is -0.799. The zero-order chi connectivity index (χ0) is 20.1. The number of benzene rings is 1. The van der Waals surface area contributed by atoms with E-state index >= 15 is 0 Å². The second kappa shape index (κ2) is 13.6. The van der Waals surface area contributed by atoms with Crippen molar-refractivity contribution in [2.24, 2.45) is 5.73 Å². The van der Waals surface area contributed by atoms with Crippen LogP contribution in [-0.2, 0) is 9.47 Å². The summed E-state index contributed by atoms with van der Waals surface area (Å²) in [6.45, 7) is 7.80. The van der Waals surface area contributed by atoms with E-state index in [1.807, 2.05) is 0 Å². The van der Waals surface area contributed by atoms with Crippen molar-refractivity contribution in [3.63, 3.8) is 0 Å². The Morgan fingerprint density at radius 3 is 2.22 bits per heavy atom. The second-order valence-electron chi connectivity index (χ2n) is 6.48. The van der Waals surface area contributed by atoms with Crippen LogP contribution in [0.5, 0.6) is 0 Å². The van der Waals surface area contributed by atoms with Gasteiger partial charge in [0.2, 0.25) is 0 Å². The highest BCUT2D eigenvalue weighted by atomic mass is 19.2. The van der Waals surface area contributed by atoms with E-state index in [1.54, 1.807) is 7.11 Å². The topological polar surface area (TPSA) is 51.0 Å². The Kier molecular flexibility index (Phi) is 11.8. The number of morpholine rings is 1. The third kappa shape index (κ3) is 8.78. The largest absolute Gasteiger partial charge is 0.383 e. The number of methoxy groups -OCH3 is 1. The quantitative estimate of drug-likeness (QED) is 0.783. The van der Waals surface area contributed by atoms with Crippen LogP contribution in [0, 0.1) is 24.5 Å². The highest BCUT2D eigenvalue weighted by Gasteiger charge is 2.28. The van der Waals surface area contributed by atoms with Gasteiger partial charge in [0.05, 0.1) is 19.8 Å². The van der Waals surface area contributed by atoms with E-state index in [2.05, 4.69) is 22.6 Å². The van der Waals surface area contributed by atoms with Crippen LogP contribution in [0.3, 0.4) is 0 Å². The maximum atomic E-state index is 11.9. The average molecular weight is 383 g/mol. The molecule has 1 aromatic carbocycles. The molecule has 0 spiro atoms. The fraction of sp³-hybridized carbons (Fsp3) is 0.600. The predicted octanol–water partition coefficient (Wildman–Crippen LogP) is 1.58. The summed E-state index contributed by atoms with van der Waals surface area (Å²) in [5.74, 6) is -1.60. The van der Waals surface area contributed by atoms with Crippen LogP contribution < -0.4 is 5.73 Å². The lowest BCUT2D eigenvalue weighted by Crippen LogP contribution is -2.49. The lowest BCUT2D eigenvalue weighted by Gasteiger charge is -2.34. The zero-order valence-electron chi connectivity index (χ0n) is 16.0. The van der Waals surface area contributed by atoms with Gasteiger partial charge in [-0.3, -0.25) is 9.80 Å². The summed E-state index contributed by atoms with van der Waals surface area (Å²) < 4.78 is 34.6. The van der Waals surface area contributed by atoms with Gasteiger partial charge in [0, 0.05) is 51.9 Å². The van der Waals surface area contributed by atoms with Crippen molar-refractivity contribution in [1.82, 2.24) is 9.80 Å². The van der Waals surface area contributed by atoms with Gasteiger partial charge < -0.3 is 15.2 Å². The Hall–Kier alpha value is -1.56. The number of ether oxygens (including phenoxy) is 2. The van der Waals surface area contributed by atoms with Crippen molar-refractivity contribution < 1.29 is 18.3 Å². The minimum Gasteiger partial charge on any atom is -0.383 e. The molecule has 0 aliphatic carbocycles. The molecule has 152 valence electrons. The van der Waals surface area contributed by atoms with Gasteiger partial charge in [-0.25, -0.2) is 8.78 Å². The van der Waals surface area contributed by atoms with Crippen LogP contribution in [0.1, 0.15) is 6.42 Å². The van der Waals surface area contributed by atoms with Crippen molar-refractivity contribution in [2.75, 3.05) is 59.7 Å². The molecule has 0 amide bonds. The molecule has 1 unspecified atom stereocenters. The molecule has 1 aromatic rings. The summed E-state index contributed by atoms with van der Waals surface area (Å²) in [4.78, 5) is 4.95. The smallest absolute Gasteiger partial charge is 0.158 e. The third-order valence-corrected chi connectivity index (χ3v) is 4.53. The Morgan fingerprint density at radius 2 is 1.78 bits per heavy atom. The molecule has 2 aliphatic heterocycles. The highest BCUT2D eigenvalue weighted by Crippen LogP contribution is 2.13. The zero-order valence-corrected chi connectivity index (χ0v) is 16.0. The first-order valence-electron chi connectivity index (χ1n) is 9.12. The first kappa shape index (κ1) is 23.5. The Labute approximate surface area is 161 Å². The molecule has 2 heterocycles. The van der Waals surface area contributed by atoms with Crippen molar-refractivity contribution in [3.8, 4) is 12.8 Å². The molecule has 3 rings (SSSR count). The van der Waals surface area contributed by atoms with Crippen LogP contribution in [0.4, 0.5) is 8.78 Å². The van der Waals surface area contributed by atoms with Crippen LogP contribution in [0.25, 0.3) is 0 Å². The van der Waals surface area contributed by atoms with Gasteiger partial charge in [-0.1, -0.05) is 12.1 Å². The number of nitrogens with two attached hydrogens (primary N) is 1. The van der Waals surface area contributed by atoms with Gasteiger partial charge >= 0.3 is 0 Å². The molecular weight excluding hydrogens is 352 g/mol. The number of rotatable bonds is 5. The van der Waals surface area contributed by atoms with Gasteiger partial charge in [-0.2, -0.15) is 0 Å². The maximum Gasteiger partial charge on any atom is 0.158 e. The SMILES string of the molecule is C#C.COCC(CN1CCOCC1)N1CC[C@H](N)C1.Fc1ccccc1F. The van der Waals surface area contributed by atoms with E-state index < -0.39 is 11.6 Å². The molecule has 27 heavy (non-hydrogen) atoms. The fourth-order valence-corrected chi connectivity index (χ4v) is 3.13. The number of nitrogens with zero attached hydrogens (tertiary/aromatic N) is 2. The summed E-state index contributed by atoms with van der Waals surface area (Å²) >= 11 is 0. The van der Waals surface area contributed by atoms with E-state index in [-0.39, 0.29) is 0 Å². The van der Waals surface area contributed by atoms with E-state index in [4.69, 9.17) is 15.2 Å². The van der Waals surface area contributed by atoms with Crippen molar-refractivity contribution in [3.05, 3.63) is 35.9 Å². The summed E-state index contributed by atoms with van der Waals surface area (Å²) in [5, 5.41) is 0. The normalized spacial score (nSPS) is 21.5. The molecule has 7 heteroatoms. The van der Waals surface area contributed by atoms with Crippen molar-refractivity contribution in [1.29, 1.82) is 0 Å². The highest BCUT2D eigenvalue weighted by molar-refractivity contribution is 5.05. The van der Waals surface area contributed by atoms with Gasteiger partial charge in [0.1, 0.15) is 0 Å². The summed E-state index contributed by atoms with van der Waals surface area (Å²) in [7, 11) is 1.78. The Bertz CT molecular complexity index is 518. The third-order valence-electron chi connectivity index (χ3n) is 4.53. The summed E-state index contributed by atoms with van der Waals surface area (Å²) in [6, 6.07) is 5.87. The number of hydrogen-bond acceptors (Lipinski definition) is 5. The second-order valence-corrected chi connectivity index (χ2v) is 6.48. The fourth-order valence-electron chi connectivity index (χ4n) is 3.13. The molecule has 0 aromatic heterocycles. The lowest BCUT2D eigenvalue weighted by atomic mass is 10.2. The Balaban J connectivity index is 0.000000305. The molecule has 2 fully saturated rings. The van der Waals surface area contributed by atoms with Crippen LogP contribution in [0.15, 0.2) is 24.3 Å². The molecule has 0 bridgehead atoms.